The van der Waals surface area contributed by atoms with Gasteiger partial charge in [0.1, 0.15) is 11.5 Å². The van der Waals surface area contributed by atoms with Crippen LogP contribution >= 0.6 is 0 Å². The third kappa shape index (κ3) is 2.86. The van der Waals surface area contributed by atoms with Crippen molar-refractivity contribution < 1.29 is 19.8 Å². The van der Waals surface area contributed by atoms with Gasteiger partial charge in [0.05, 0.1) is 0 Å². The topological polar surface area (TPSA) is 74.6 Å². The zero-order chi connectivity index (χ0) is 20.8. The Labute approximate surface area is 172 Å². The SMILES string of the molecule is O=C1C(=O)c2cc(-c3ccc(O)cc3)ccc2-c2ccc(-c3ccc(O)cc3)cc21. The van der Waals surface area contributed by atoms with Gasteiger partial charge >= 0.3 is 0 Å². The van der Waals surface area contributed by atoms with E-state index < -0.39 is 11.6 Å². The molecule has 0 heterocycles. The van der Waals surface area contributed by atoms with E-state index in [1.54, 1.807) is 60.7 Å². The number of fused-ring (bicyclic) bond motifs is 3. The summed E-state index contributed by atoms with van der Waals surface area (Å²) in [5.74, 6) is -0.718. The lowest BCUT2D eigenvalue weighted by Gasteiger charge is -2.20. The number of aromatic hydroxyl groups is 2. The minimum Gasteiger partial charge on any atom is -0.508 e. The number of Topliss-reactive ketones (excluding diaryl/α,β-unsaturated/α-hetero) is 2. The fraction of sp³-hybridized carbons (Fsp3) is 0. The molecule has 30 heavy (non-hydrogen) atoms. The normalized spacial score (nSPS) is 12.4. The van der Waals surface area contributed by atoms with Gasteiger partial charge in [-0.3, -0.25) is 9.59 Å². The van der Waals surface area contributed by atoms with Crippen molar-refractivity contribution in [2.45, 2.75) is 0 Å². The summed E-state index contributed by atoms with van der Waals surface area (Å²) in [4.78, 5) is 25.8. The predicted octanol–water partition coefficient (Wildman–Crippen LogP) is 5.48. The maximum atomic E-state index is 12.9. The van der Waals surface area contributed by atoms with Crippen LogP contribution in [0.3, 0.4) is 0 Å². The van der Waals surface area contributed by atoms with Gasteiger partial charge < -0.3 is 10.2 Å². The van der Waals surface area contributed by atoms with E-state index in [0.717, 1.165) is 33.4 Å². The van der Waals surface area contributed by atoms with E-state index in [0.29, 0.717) is 11.1 Å². The zero-order valence-corrected chi connectivity index (χ0v) is 15.8. The number of phenolic OH excluding ortho intramolecular Hbond substituents is 2. The second-order valence-electron chi connectivity index (χ2n) is 7.27. The molecule has 0 saturated carbocycles. The first kappa shape index (κ1) is 17.9. The maximum absolute atomic E-state index is 12.9. The standard InChI is InChI=1S/C26H16O4/c27-19-7-1-15(2-8-19)17-5-11-21-22-12-6-18(16-3-9-20(28)10-4-16)14-24(22)26(30)25(29)23(21)13-17/h1-14,27-28H. The molecule has 4 aromatic carbocycles. The molecule has 2 N–H and O–H groups in total. The second kappa shape index (κ2) is 6.71. The Morgan fingerprint density at radius 2 is 0.733 bits per heavy atom. The molecule has 0 saturated heterocycles. The molecule has 0 radical (unpaired) electrons. The summed E-state index contributed by atoms with van der Waals surface area (Å²) < 4.78 is 0. The van der Waals surface area contributed by atoms with E-state index in [1.165, 1.54) is 0 Å². The van der Waals surface area contributed by atoms with Gasteiger partial charge in [-0.05, 0) is 69.8 Å². The van der Waals surface area contributed by atoms with Gasteiger partial charge in [0, 0.05) is 11.1 Å². The van der Waals surface area contributed by atoms with Crippen LogP contribution < -0.4 is 0 Å². The van der Waals surface area contributed by atoms with Crippen LogP contribution in [0.1, 0.15) is 20.7 Å². The molecular weight excluding hydrogens is 376 g/mol. The van der Waals surface area contributed by atoms with Crippen molar-refractivity contribution in [3.63, 3.8) is 0 Å². The van der Waals surface area contributed by atoms with Crippen LogP contribution in [0.5, 0.6) is 11.5 Å². The summed E-state index contributed by atoms with van der Waals surface area (Å²) in [5.41, 5.74) is 5.54. The van der Waals surface area contributed by atoms with E-state index in [1.807, 2.05) is 24.3 Å². The minimum atomic E-state index is -0.527. The molecule has 0 amide bonds. The molecular formula is C26H16O4. The van der Waals surface area contributed by atoms with E-state index in [4.69, 9.17) is 0 Å². The average molecular weight is 392 g/mol. The summed E-state index contributed by atoms with van der Waals surface area (Å²) in [6, 6.07) is 24.4. The van der Waals surface area contributed by atoms with Crippen molar-refractivity contribution in [2.75, 3.05) is 0 Å². The Bertz CT molecular complexity index is 1210. The van der Waals surface area contributed by atoms with Crippen LogP contribution in [0, 0.1) is 0 Å². The largest absolute Gasteiger partial charge is 0.508 e. The Balaban J connectivity index is 1.62. The lowest BCUT2D eigenvalue weighted by Crippen LogP contribution is -2.21. The second-order valence-corrected chi connectivity index (χ2v) is 7.27. The van der Waals surface area contributed by atoms with Crippen molar-refractivity contribution in [3.8, 4) is 44.9 Å². The molecule has 0 fully saturated rings. The summed E-state index contributed by atoms with van der Waals surface area (Å²) >= 11 is 0. The first-order valence-electron chi connectivity index (χ1n) is 9.47. The number of carbonyl (C=O) groups excluding carboxylic acids is 2. The number of hydrogen-bond acceptors (Lipinski definition) is 4. The molecule has 1 aliphatic carbocycles. The molecule has 0 atom stereocenters. The highest BCUT2D eigenvalue weighted by Crippen LogP contribution is 2.38. The van der Waals surface area contributed by atoms with E-state index in [-0.39, 0.29) is 11.5 Å². The smallest absolute Gasteiger partial charge is 0.234 e. The molecule has 5 rings (SSSR count). The van der Waals surface area contributed by atoms with Crippen LogP contribution in [-0.2, 0) is 0 Å². The Morgan fingerprint density at radius 1 is 0.400 bits per heavy atom. The predicted molar refractivity (Wildman–Crippen MR) is 115 cm³/mol. The molecule has 0 spiro atoms. The summed E-state index contributed by atoms with van der Waals surface area (Å²) in [7, 11) is 0. The highest BCUT2D eigenvalue weighted by atomic mass is 16.3. The first-order chi connectivity index (χ1) is 14.5. The highest BCUT2D eigenvalue weighted by Gasteiger charge is 2.31. The molecule has 4 nitrogen and oxygen atoms in total. The third-order valence-electron chi connectivity index (χ3n) is 5.43. The molecule has 0 bridgehead atoms. The maximum Gasteiger partial charge on any atom is 0.234 e. The minimum absolute atomic E-state index is 0.168. The number of carbonyl (C=O) groups is 2. The number of phenols is 2. The van der Waals surface area contributed by atoms with Gasteiger partial charge in [0.15, 0.2) is 0 Å². The summed E-state index contributed by atoms with van der Waals surface area (Å²) in [6.45, 7) is 0. The molecule has 144 valence electrons. The van der Waals surface area contributed by atoms with Crippen molar-refractivity contribution in [1.29, 1.82) is 0 Å². The summed E-state index contributed by atoms with van der Waals surface area (Å²) in [6.07, 6.45) is 0. The van der Waals surface area contributed by atoms with Crippen LogP contribution in [-0.4, -0.2) is 21.8 Å². The lowest BCUT2D eigenvalue weighted by molar-refractivity contribution is 0.0815. The van der Waals surface area contributed by atoms with Gasteiger partial charge in [0.2, 0.25) is 11.6 Å². The molecule has 0 aromatic heterocycles. The fourth-order valence-electron chi connectivity index (χ4n) is 3.85. The van der Waals surface area contributed by atoms with Gasteiger partial charge in [0.25, 0.3) is 0 Å². The van der Waals surface area contributed by atoms with Crippen LogP contribution in [0.15, 0.2) is 84.9 Å². The zero-order valence-electron chi connectivity index (χ0n) is 15.8. The molecule has 1 aliphatic rings. The molecule has 4 heteroatoms. The van der Waals surface area contributed by atoms with Crippen LogP contribution in [0.2, 0.25) is 0 Å². The van der Waals surface area contributed by atoms with E-state index in [9.17, 15) is 19.8 Å². The first-order valence-corrected chi connectivity index (χ1v) is 9.47. The van der Waals surface area contributed by atoms with Gasteiger partial charge in [-0.1, -0.05) is 48.5 Å². The quantitative estimate of drug-likeness (QED) is 0.443. The van der Waals surface area contributed by atoms with Gasteiger partial charge in [-0.2, -0.15) is 0 Å². The van der Waals surface area contributed by atoms with Crippen molar-refractivity contribution in [3.05, 3.63) is 96.1 Å². The Hall–Kier alpha value is -4.18. The van der Waals surface area contributed by atoms with Crippen molar-refractivity contribution in [2.24, 2.45) is 0 Å². The van der Waals surface area contributed by atoms with Gasteiger partial charge in [-0.25, -0.2) is 0 Å². The summed E-state index contributed by atoms with van der Waals surface area (Å²) in [5, 5.41) is 19.0. The van der Waals surface area contributed by atoms with Crippen LogP contribution in [0.25, 0.3) is 33.4 Å². The fourth-order valence-corrected chi connectivity index (χ4v) is 3.85. The van der Waals surface area contributed by atoms with E-state index in [2.05, 4.69) is 0 Å². The monoisotopic (exact) mass is 392 g/mol. The molecule has 4 aromatic rings. The highest BCUT2D eigenvalue weighted by molar-refractivity contribution is 6.53. The number of ketones is 2. The number of benzene rings is 4. The average Bonchev–Trinajstić information content (AvgIpc) is 2.78. The van der Waals surface area contributed by atoms with E-state index >= 15 is 0 Å². The Morgan fingerprint density at radius 3 is 1.10 bits per heavy atom. The lowest BCUT2D eigenvalue weighted by atomic mass is 9.81. The van der Waals surface area contributed by atoms with Crippen molar-refractivity contribution in [1.82, 2.24) is 0 Å². The third-order valence-corrected chi connectivity index (χ3v) is 5.43. The molecule has 0 aliphatic heterocycles. The van der Waals surface area contributed by atoms with Crippen molar-refractivity contribution >= 4 is 11.6 Å². The van der Waals surface area contributed by atoms with Gasteiger partial charge in [-0.15, -0.1) is 0 Å². The molecule has 0 unspecified atom stereocenters. The number of hydrogen-bond donors (Lipinski definition) is 2. The Kier molecular flexibility index (Phi) is 4.00. The van der Waals surface area contributed by atoms with Crippen LogP contribution in [0.4, 0.5) is 0 Å². The number of rotatable bonds is 2.